The molecule has 0 atom stereocenters. The first-order chi connectivity index (χ1) is 14.8. The van der Waals surface area contributed by atoms with Crippen molar-refractivity contribution in [1.82, 2.24) is 25.1 Å². The minimum Gasteiger partial charge on any atom is -0.494 e. The molecule has 9 heteroatoms. The van der Waals surface area contributed by atoms with Gasteiger partial charge in [-0.1, -0.05) is 41.7 Å². The molecular weight excluding hydrogens is 400 g/mol. The first-order valence-corrected chi connectivity index (χ1v) is 10.1. The molecule has 0 spiro atoms. The summed E-state index contributed by atoms with van der Waals surface area (Å²) in [4.78, 5) is 14.2. The van der Waals surface area contributed by atoms with E-state index >= 15 is 0 Å². The molecule has 0 bridgehead atoms. The zero-order chi connectivity index (χ0) is 20.3. The van der Waals surface area contributed by atoms with Crippen molar-refractivity contribution < 1.29 is 9.47 Å². The summed E-state index contributed by atoms with van der Waals surface area (Å²) in [6, 6.07) is 13.9. The Bertz CT molecular complexity index is 1300. The Hall–Kier alpha value is -3.56. The largest absolute Gasteiger partial charge is 0.494 e. The van der Waals surface area contributed by atoms with Gasteiger partial charge in [0.2, 0.25) is 0 Å². The van der Waals surface area contributed by atoms with Crippen LogP contribution in [0, 0.1) is 0 Å². The summed E-state index contributed by atoms with van der Waals surface area (Å²) in [5.41, 5.74) is 3.51. The lowest BCUT2D eigenvalue weighted by molar-refractivity contribution is 0.107. The molecule has 5 rings (SSSR count). The van der Waals surface area contributed by atoms with Crippen LogP contribution in [0.25, 0.3) is 21.3 Å². The van der Waals surface area contributed by atoms with Crippen LogP contribution >= 0.6 is 11.3 Å². The molecule has 3 heterocycles. The van der Waals surface area contributed by atoms with Gasteiger partial charge in [-0.05, 0) is 11.6 Å². The van der Waals surface area contributed by atoms with Gasteiger partial charge in [-0.3, -0.25) is 5.10 Å². The summed E-state index contributed by atoms with van der Waals surface area (Å²) < 4.78 is 11.3. The highest BCUT2D eigenvalue weighted by atomic mass is 32.1. The third kappa shape index (κ3) is 3.68. The first-order valence-electron chi connectivity index (χ1n) is 9.30. The Balaban J connectivity index is 1.39. The number of aromatic nitrogens is 5. The molecule has 0 amide bonds. The molecule has 0 aliphatic heterocycles. The maximum absolute atomic E-state index is 5.82. The lowest BCUT2D eigenvalue weighted by Gasteiger charge is -2.11. The number of hydrogen-bond acceptors (Lipinski definition) is 8. The van der Waals surface area contributed by atoms with Crippen molar-refractivity contribution in [3.63, 3.8) is 0 Å². The van der Waals surface area contributed by atoms with E-state index in [1.807, 2.05) is 42.5 Å². The van der Waals surface area contributed by atoms with E-state index in [0.717, 1.165) is 32.0 Å². The third-order valence-electron chi connectivity index (χ3n) is 4.59. The minimum absolute atomic E-state index is 0.416. The number of thiazole rings is 1. The minimum atomic E-state index is 0.416. The average Bonchev–Trinajstić information content (AvgIpc) is 3.40. The highest BCUT2D eigenvalue weighted by molar-refractivity contribution is 7.18. The Labute approximate surface area is 175 Å². The SMILES string of the molecule is COc1cc2[nH]ncc2cc1Nc1ncnc2sc(COCc3ccccc3)nc12. The molecule has 0 saturated heterocycles. The van der Waals surface area contributed by atoms with E-state index in [0.29, 0.717) is 30.3 Å². The van der Waals surface area contributed by atoms with Crippen LogP contribution in [0.5, 0.6) is 5.75 Å². The van der Waals surface area contributed by atoms with Crippen LogP contribution in [-0.4, -0.2) is 32.3 Å². The van der Waals surface area contributed by atoms with Crippen LogP contribution in [0.4, 0.5) is 11.5 Å². The number of fused-ring (bicyclic) bond motifs is 2. The fourth-order valence-corrected chi connectivity index (χ4v) is 3.99. The number of H-pyrrole nitrogens is 1. The summed E-state index contributed by atoms with van der Waals surface area (Å²) in [7, 11) is 1.63. The first kappa shape index (κ1) is 18.5. The third-order valence-corrected chi connectivity index (χ3v) is 5.53. The normalized spacial score (nSPS) is 11.2. The average molecular weight is 418 g/mol. The van der Waals surface area contributed by atoms with Crippen LogP contribution in [0.3, 0.4) is 0 Å². The van der Waals surface area contributed by atoms with Gasteiger partial charge in [0.1, 0.15) is 27.4 Å². The lowest BCUT2D eigenvalue weighted by Crippen LogP contribution is -1.98. The number of hydrogen-bond donors (Lipinski definition) is 2. The molecule has 3 aromatic heterocycles. The molecule has 8 nitrogen and oxygen atoms in total. The molecule has 5 aromatic rings. The molecular formula is C21H18N6O2S. The van der Waals surface area contributed by atoms with Crippen LogP contribution in [-0.2, 0) is 18.0 Å². The molecule has 0 aliphatic carbocycles. The van der Waals surface area contributed by atoms with Crippen molar-refractivity contribution in [3.05, 3.63) is 65.6 Å². The summed E-state index contributed by atoms with van der Waals surface area (Å²) in [5, 5.41) is 12.2. The van der Waals surface area contributed by atoms with Gasteiger partial charge >= 0.3 is 0 Å². The van der Waals surface area contributed by atoms with Gasteiger partial charge in [0.15, 0.2) is 5.82 Å². The number of anilines is 2. The smallest absolute Gasteiger partial charge is 0.161 e. The Kier molecular flexibility index (Phi) is 4.96. The zero-order valence-electron chi connectivity index (χ0n) is 16.1. The maximum Gasteiger partial charge on any atom is 0.161 e. The van der Waals surface area contributed by atoms with Crippen molar-refractivity contribution in [2.45, 2.75) is 13.2 Å². The highest BCUT2D eigenvalue weighted by Gasteiger charge is 2.14. The number of nitrogens with one attached hydrogen (secondary N) is 2. The van der Waals surface area contributed by atoms with E-state index in [1.54, 1.807) is 13.3 Å². The van der Waals surface area contributed by atoms with E-state index in [4.69, 9.17) is 14.5 Å². The second kappa shape index (κ2) is 8.05. The number of aromatic amines is 1. The van der Waals surface area contributed by atoms with E-state index in [9.17, 15) is 0 Å². The van der Waals surface area contributed by atoms with Crippen LogP contribution in [0.15, 0.2) is 55.0 Å². The monoisotopic (exact) mass is 418 g/mol. The van der Waals surface area contributed by atoms with Gasteiger partial charge in [0.25, 0.3) is 0 Å². The fourth-order valence-electron chi connectivity index (χ4n) is 3.15. The molecule has 0 unspecified atom stereocenters. The summed E-state index contributed by atoms with van der Waals surface area (Å²) in [6.07, 6.45) is 3.29. The fraction of sp³-hybridized carbons (Fsp3) is 0.143. The number of nitrogens with zero attached hydrogens (tertiary/aromatic N) is 4. The predicted molar refractivity (Wildman–Crippen MR) is 116 cm³/mol. The topological polar surface area (TPSA) is 97.8 Å². The van der Waals surface area contributed by atoms with E-state index in [1.165, 1.54) is 17.7 Å². The van der Waals surface area contributed by atoms with Crippen molar-refractivity contribution in [2.24, 2.45) is 0 Å². The standard InChI is InChI=1S/C21H18N6O2S/c1-28-17-8-15-14(9-24-27-15)7-16(17)25-20-19-21(23-12-22-20)30-18(26-19)11-29-10-13-5-3-2-4-6-13/h2-9,12H,10-11H2,1H3,(H,24,27)(H,22,23,25). The summed E-state index contributed by atoms with van der Waals surface area (Å²) >= 11 is 1.50. The van der Waals surface area contributed by atoms with Gasteiger partial charge in [0, 0.05) is 11.5 Å². The van der Waals surface area contributed by atoms with Crippen LogP contribution in [0.1, 0.15) is 10.6 Å². The second-order valence-corrected chi connectivity index (χ2v) is 7.66. The number of ether oxygens (including phenoxy) is 2. The van der Waals surface area contributed by atoms with Crippen molar-refractivity contribution in [3.8, 4) is 5.75 Å². The summed E-state index contributed by atoms with van der Waals surface area (Å²) in [6.45, 7) is 0.953. The van der Waals surface area contributed by atoms with Crippen LogP contribution < -0.4 is 10.1 Å². The van der Waals surface area contributed by atoms with Gasteiger partial charge < -0.3 is 14.8 Å². The number of methoxy groups -OCH3 is 1. The highest BCUT2D eigenvalue weighted by Crippen LogP contribution is 2.33. The van der Waals surface area contributed by atoms with Crippen LogP contribution in [0.2, 0.25) is 0 Å². The van der Waals surface area contributed by atoms with Gasteiger partial charge in [-0.15, -0.1) is 0 Å². The van der Waals surface area contributed by atoms with Crippen molar-refractivity contribution in [1.29, 1.82) is 0 Å². The molecule has 2 N–H and O–H groups in total. The molecule has 2 aromatic carbocycles. The Morgan fingerprint density at radius 1 is 1.10 bits per heavy atom. The molecule has 0 radical (unpaired) electrons. The molecule has 0 aliphatic rings. The molecule has 0 fully saturated rings. The van der Waals surface area contributed by atoms with E-state index in [-0.39, 0.29) is 0 Å². The van der Waals surface area contributed by atoms with Gasteiger partial charge in [-0.25, -0.2) is 15.0 Å². The molecule has 150 valence electrons. The van der Waals surface area contributed by atoms with Gasteiger partial charge in [0.05, 0.1) is 37.7 Å². The second-order valence-electron chi connectivity index (χ2n) is 6.60. The quantitative estimate of drug-likeness (QED) is 0.403. The van der Waals surface area contributed by atoms with E-state index < -0.39 is 0 Å². The number of benzene rings is 2. The van der Waals surface area contributed by atoms with Crippen molar-refractivity contribution in [2.75, 3.05) is 12.4 Å². The van der Waals surface area contributed by atoms with E-state index in [2.05, 4.69) is 25.5 Å². The lowest BCUT2D eigenvalue weighted by atomic mass is 10.2. The van der Waals surface area contributed by atoms with Gasteiger partial charge in [-0.2, -0.15) is 5.10 Å². The Morgan fingerprint density at radius 3 is 2.87 bits per heavy atom. The van der Waals surface area contributed by atoms with Crippen molar-refractivity contribution >= 4 is 44.1 Å². The summed E-state index contributed by atoms with van der Waals surface area (Å²) in [5.74, 6) is 1.30. The maximum atomic E-state index is 5.82. The molecule has 30 heavy (non-hydrogen) atoms. The molecule has 0 saturated carbocycles. The zero-order valence-corrected chi connectivity index (χ0v) is 16.9. The Morgan fingerprint density at radius 2 is 2.00 bits per heavy atom. The number of rotatable bonds is 7. The predicted octanol–water partition coefficient (Wildman–Crippen LogP) is 4.43.